The molecule has 25 heavy (non-hydrogen) atoms. The summed E-state index contributed by atoms with van der Waals surface area (Å²) < 4.78 is 42.7. The zero-order valence-electron chi connectivity index (χ0n) is 13.6. The van der Waals surface area contributed by atoms with Gasteiger partial charge in [0.05, 0.1) is 10.6 Å². The van der Waals surface area contributed by atoms with Crippen molar-refractivity contribution in [3.8, 4) is 0 Å². The molecule has 0 spiro atoms. The van der Waals surface area contributed by atoms with Crippen LogP contribution in [-0.2, 0) is 22.9 Å². The highest BCUT2D eigenvalue weighted by atomic mass is 32.2. The number of benzene rings is 3. The van der Waals surface area contributed by atoms with Crippen molar-refractivity contribution in [2.75, 3.05) is 4.72 Å². The lowest BCUT2D eigenvalue weighted by molar-refractivity contribution is 0.601. The molecule has 0 amide bonds. The van der Waals surface area contributed by atoms with Crippen LogP contribution in [0.4, 0.5) is 10.1 Å². The Morgan fingerprint density at radius 1 is 0.840 bits per heavy atom. The molecule has 1 aliphatic rings. The number of sulfonamides is 1. The van der Waals surface area contributed by atoms with Crippen LogP contribution in [0.3, 0.4) is 0 Å². The van der Waals surface area contributed by atoms with Gasteiger partial charge in [-0.15, -0.1) is 0 Å². The van der Waals surface area contributed by atoms with Gasteiger partial charge in [0, 0.05) is 10.8 Å². The minimum Gasteiger partial charge on any atom is -0.279 e. The molecule has 0 radical (unpaired) electrons. The van der Waals surface area contributed by atoms with Gasteiger partial charge in [-0.05, 0) is 55.0 Å². The number of anilines is 1. The molecule has 5 heteroatoms. The third-order valence-corrected chi connectivity index (χ3v) is 6.18. The first-order chi connectivity index (χ1) is 12.1. The van der Waals surface area contributed by atoms with E-state index in [0.29, 0.717) is 16.5 Å². The van der Waals surface area contributed by atoms with Crippen LogP contribution in [0, 0.1) is 5.82 Å². The normalized spacial score (nSPS) is 14.3. The molecule has 1 N–H and O–H groups in total. The van der Waals surface area contributed by atoms with E-state index in [1.165, 1.54) is 17.7 Å². The highest BCUT2D eigenvalue weighted by Gasteiger charge is 2.21. The van der Waals surface area contributed by atoms with Gasteiger partial charge in [0.15, 0.2) is 0 Å². The predicted octanol–water partition coefficient (Wildman–Crippen LogP) is 4.66. The molecule has 0 saturated heterocycles. The maximum Gasteiger partial charge on any atom is 0.262 e. The number of hydrogen-bond acceptors (Lipinski definition) is 2. The third-order valence-electron chi connectivity index (χ3n) is 4.76. The molecule has 3 aromatic carbocycles. The van der Waals surface area contributed by atoms with Gasteiger partial charge >= 0.3 is 0 Å². The smallest absolute Gasteiger partial charge is 0.262 e. The Balaban J connectivity index is 1.81. The summed E-state index contributed by atoms with van der Waals surface area (Å²) in [5, 5.41) is 0.695. The fourth-order valence-electron chi connectivity index (χ4n) is 3.55. The monoisotopic (exact) mass is 355 g/mol. The van der Waals surface area contributed by atoms with E-state index in [1.807, 2.05) is 6.07 Å². The molecular weight excluding hydrogens is 337 g/mol. The minimum absolute atomic E-state index is 0.0953. The van der Waals surface area contributed by atoms with Crippen LogP contribution in [0.2, 0.25) is 0 Å². The summed E-state index contributed by atoms with van der Waals surface area (Å²) in [6.07, 6.45) is 4.04. The van der Waals surface area contributed by atoms with Gasteiger partial charge in [0.25, 0.3) is 10.0 Å². The molecule has 0 fully saturated rings. The Kier molecular flexibility index (Phi) is 3.96. The fraction of sp³-hybridized carbons (Fsp3) is 0.200. The standard InChI is InChI=1S/C20H18FNO2S/c21-18-12-13-20(17-10-4-3-9-16(17)18)25(23,24)22-19-11-5-7-14-6-1-2-8-15(14)19/h3-5,7,9-13,22H,1-2,6,8H2. The largest absolute Gasteiger partial charge is 0.279 e. The lowest BCUT2D eigenvalue weighted by atomic mass is 9.91. The molecular formula is C20H18FNO2S. The van der Waals surface area contributed by atoms with Crippen LogP contribution in [0.15, 0.2) is 59.5 Å². The number of nitrogens with one attached hydrogen (secondary N) is 1. The van der Waals surface area contributed by atoms with Crippen molar-refractivity contribution in [3.63, 3.8) is 0 Å². The van der Waals surface area contributed by atoms with Crippen molar-refractivity contribution >= 4 is 26.5 Å². The Hall–Kier alpha value is -2.40. The van der Waals surface area contributed by atoms with Crippen LogP contribution in [0.5, 0.6) is 0 Å². The summed E-state index contributed by atoms with van der Waals surface area (Å²) in [6, 6.07) is 14.9. The summed E-state index contributed by atoms with van der Waals surface area (Å²) in [5.41, 5.74) is 2.91. The van der Waals surface area contributed by atoms with E-state index in [2.05, 4.69) is 10.8 Å². The van der Waals surface area contributed by atoms with Crippen LogP contribution in [0.1, 0.15) is 24.0 Å². The maximum absolute atomic E-state index is 14.0. The average molecular weight is 355 g/mol. The van der Waals surface area contributed by atoms with Gasteiger partial charge in [-0.1, -0.05) is 36.4 Å². The van der Waals surface area contributed by atoms with Gasteiger partial charge < -0.3 is 0 Å². The van der Waals surface area contributed by atoms with Crippen molar-refractivity contribution < 1.29 is 12.8 Å². The molecule has 1 aliphatic carbocycles. The first kappa shape index (κ1) is 16.1. The Labute approximate surface area is 146 Å². The van der Waals surface area contributed by atoms with E-state index < -0.39 is 15.8 Å². The Morgan fingerprint density at radius 3 is 2.44 bits per heavy atom. The quantitative estimate of drug-likeness (QED) is 0.743. The first-order valence-corrected chi connectivity index (χ1v) is 9.85. The summed E-state index contributed by atoms with van der Waals surface area (Å²) in [4.78, 5) is 0.0953. The zero-order valence-corrected chi connectivity index (χ0v) is 14.4. The molecule has 0 aromatic heterocycles. The second-order valence-corrected chi connectivity index (χ2v) is 8.00. The molecule has 3 nitrogen and oxygen atoms in total. The van der Waals surface area contributed by atoms with Crippen molar-refractivity contribution in [1.82, 2.24) is 0 Å². The minimum atomic E-state index is -3.81. The summed E-state index contributed by atoms with van der Waals surface area (Å²) in [6.45, 7) is 0. The van der Waals surface area contributed by atoms with Crippen LogP contribution < -0.4 is 4.72 Å². The van der Waals surface area contributed by atoms with E-state index in [0.717, 1.165) is 31.2 Å². The second kappa shape index (κ2) is 6.15. The van der Waals surface area contributed by atoms with Crippen molar-refractivity contribution in [1.29, 1.82) is 0 Å². The van der Waals surface area contributed by atoms with E-state index in [4.69, 9.17) is 0 Å². The third kappa shape index (κ3) is 2.89. The molecule has 0 saturated carbocycles. The molecule has 0 heterocycles. The van der Waals surface area contributed by atoms with Crippen LogP contribution in [-0.4, -0.2) is 8.42 Å². The van der Waals surface area contributed by atoms with Gasteiger partial charge in [-0.3, -0.25) is 4.72 Å². The second-order valence-electron chi connectivity index (χ2n) is 6.35. The number of aryl methyl sites for hydroxylation is 1. The van der Waals surface area contributed by atoms with E-state index in [9.17, 15) is 12.8 Å². The lowest BCUT2D eigenvalue weighted by Gasteiger charge is -2.20. The number of halogens is 1. The van der Waals surface area contributed by atoms with Crippen LogP contribution in [0.25, 0.3) is 10.8 Å². The first-order valence-electron chi connectivity index (χ1n) is 8.37. The average Bonchev–Trinajstić information content (AvgIpc) is 2.62. The molecule has 128 valence electrons. The lowest BCUT2D eigenvalue weighted by Crippen LogP contribution is -2.16. The molecule has 0 atom stereocenters. The SMILES string of the molecule is O=S(=O)(Nc1cccc2c1CCCC2)c1ccc(F)c2ccccc12. The van der Waals surface area contributed by atoms with Crippen LogP contribution >= 0.6 is 0 Å². The van der Waals surface area contributed by atoms with E-state index in [1.54, 1.807) is 30.3 Å². The van der Waals surface area contributed by atoms with Crippen molar-refractivity contribution in [2.45, 2.75) is 30.6 Å². The highest BCUT2D eigenvalue weighted by Crippen LogP contribution is 2.31. The molecule has 0 unspecified atom stereocenters. The highest BCUT2D eigenvalue weighted by molar-refractivity contribution is 7.93. The Morgan fingerprint density at radius 2 is 1.60 bits per heavy atom. The summed E-state index contributed by atoms with van der Waals surface area (Å²) >= 11 is 0. The summed E-state index contributed by atoms with van der Waals surface area (Å²) in [5.74, 6) is -0.424. The van der Waals surface area contributed by atoms with E-state index in [-0.39, 0.29) is 4.90 Å². The molecule has 3 aromatic rings. The van der Waals surface area contributed by atoms with Gasteiger partial charge in [0.1, 0.15) is 5.82 Å². The van der Waals surface area contributed by atoms with E-state index >= 15 is 0 Å². The van der Waals surface area contributed by atoms with Gasteiger partial charge in [0.2, 0.25) is 0 Å². The fourth-order valence-corrected chi connectivity index (χ4v) is 4.85. The van der Waals surface area contributed by atoms with Gasteiger partial charge in [-0.2, -0.15) is 0 Å². The zero-order chi connectivity index (χ0) is 17.4. The Bertz CT molecular complexity index is 1060. The predicted molar refractivity (Wildman–Crippen MR) is 97.8 cm³/mol. The summed E-state index contributed by atoms with van der Waals surface area (Å²) in [7, 11) is -3.81. The number of rotatable bonds is 3. The topological polar surface area (TPSA) is 46.2 Å². The molecule has 0 aliphatic heterocycles. The van der Waals surface area contributed by atoms with Crippen molar-refractivity contribution in [2.24, 2.45) is 0 Å². The maximum atomic E-state index is 14.0. The number of fused-ring (bicyclic) bond motifs is 2. The molecule has 0 bridgehead atoms. The number of hydrogen-bond donors (Lipinski definition) is 1. The van der Waals surface area contributed by atoms with Crippen molar-refractivity contribution in [3.05, 3.63) is 71.5 Å². The van der Waals surface area contributed by atoms with Gasteiger partial charge in [-0.25, -0.2) is 12.8 Å². The molecule has 4 rings (SSSR count).